The fourth-order valence-electron chi connectivity index (χ4n) is 3.04. The molecule has 25 heavy (non-hydrogen) atoms. The van der Waals surface area contributed by atoms with Crippen LogP contribution in [0.3, 0.4) is 0 Å². The second kappa shape index (κ2) is 6.81. The minimum atomic E-state index is -0.517. The number of guanidine groups is 1. The van der Waals surface area contributed by atoms with Crippen LogP contribution in [0.25, 0.3) is 5.57 Å². The van der Waals surface area contributed by atoms with E-state index in [0.29, 0.717) is 6.61 Å². The largest absolute Gasteiger partial charge is 0.489 e. The van der Waals surface area contributed by atoms with Gasteiger partial charge in [-0.15, -0.1) is 0 Å². The van der Waals surface area contributed by atoms with Crippen LogP contribution in [0.5, 0.6) is 0 Å². The molecular formula is C20H21N3O2. The van der Waals surface area contributed by atoms with E-state index in [2.05, 4.69) is 43.1 Å². The highest BCUT2D eigenvalue weighted by molar-refractivity contribution is 5.95. The van der Waals surface area contributed by atoms with Crippen molar-refractivity contribution in [3.63, 3.8) is 0 Å². The van der Waals surface area contributed by atoms with Gasteiger partial charge in [-0.05, 0) is 42.7 Å². The van der Waals surface area contributed by atoms with Gasteiger partial charge < -0.3 is 16.2 Å². The van der Waals surface area contributed by atoms with E-state index in [1.54, 1.807) is 12.2 Å². The number of hydrogen-bond acceptors (Lipinski definition) is 2. The van der Waals surface area contributed by atoms with E-state index in [-0.39, 0.29) is 5.96 Å². The zero-order chi connectivity index (χ0) is 18.0. The number of aliphatic imine (C=N–C) groups is 1. The van der Waals surface area contributed by atoms with Crippen molar-refractivity contribution in [1.82, 2.24) is 0 Å². The Bertz CT molecular complexity index is 869. The molecule has 0 aromatic heterocycles. The lowest BCUT2D eigenvalue weighted by Gasteiger charge is -2.20. The number of hydrogen-bond donors (Lipinski definition) is 2. The Morgan fingerprint density at radius 1 is 1.20 bits per heavy atom. The Balaban J connectivity index is 1.97. The molecule has 1 aliphatic heterocycles. The molecule has 0 saturated carbocycles. The summed E-state index contributed by atoms with van der Waals surface area (Å²) in [6.07, 6.45) is 9.33. The van der Waals surface area contributed by atoms with Crippen LogP contribution in [0, 0.1) is 19.8 Å². The number of nitrogens with two attached hydrogens (primary N) is 2. The summed E-state index contributed by atoms with van der Waals surface area (Å²) in [5.41, 5.74) is 16.2. The Morgan fingerprint density at radius 2 is 1.96 bits per heavy atom. The summed E-state index contributed by atoms with van der Waals surface area (Å²) >= 11 is 0. The first-order valence-corrected chi connectivity index (χ1v) is 8.11. The molecule has 1 aromatic carbocycles. The summed E-state index contributed by atoms with van der Waals surface area (Å²) in [4.78, 5) is 15.7. The normalized spacial score (nSPS) is 18.8. The van der Waals surface area contributed by atoms with Crippen molar-refractivity contribution in [2.24, 2.45) is 22.4 Å². The van der Waals surface area contributed by atoms with Crippen LogP contribution in [0.4, 0.5) is 0 Å². The molecule has 0 radical (unpaired) electrons. The molecule has 1 heterocycles. The number of benzene rings is 1. The van der Waals surface area contributed by atoms with Crippen LogP contribution in [0.2, 0.25) is 0 Å². The summed E-state index contributed by atoms with van der Waals surface area (Å²) < 4.78 is 5.76. The zero-order valence-corrected chi connectivity index (χ0v) is 14.3. The number of carbonyl (C=O) groups excluding carboxylic acids is 1. The van der Waals surface area contributed by atoms with Gasteiger partial charge in [0.1, 0.15) is 12.4 Å². The minimum absolute atomic E-state index is 0.235. The molecule has 5 heteroatoms. The van der Waals surface area contributed by atoms with E-state index in [4.69, 9.17) is 16.2 Å². The lowest BCUT2D eigenvalue weighted by Crippen LogP contribution is -2.25. The number of aryl methyl sites for hydroxylation is 2. The van der Waals surface area contributed by atoms with Gasteiger partial charge in [0.15, 0.2) is 5.96 Å². The summed E-state index contributed by atoms with van der Waals surface area (Å²) in [5.74, 6) is -0.407. The van der Waals surface area contributed by atoms with Crippen molar-refractivity contribution in [1.29, 1.82) is 0 Å². The van der Waals surface area contributed by atoms with E-state index in [0.717, 1.165) is 22.5 Å². The van der Waals surface area contributed by atoms with E-state index in [1.165, 1.54) is 11.1 Å². The quantitative estimate of drug-likeness (QED) is 0.642. The highest BCUT2D eigenvalue weighted by Gasteiger charge is 2.21. The molecular weight excluding hydrogens is 314 g/mol. The number of carbonyl (C=O) groups is 1. The standard InChI is InChI=1S/C20H21N3O2/c1-12-3-6-15(13(2)11-12)16-9-10-25-18-8-5-14(4-7-17(16)18)19(24)23-20(21)22/h3-9,11,14H,10H2,1-2H3,(H4,21,22,23,24). The third-order valence-corrected chi connectivity index (χ3v) is 4.20. The molecule has 1 unspecified atom stereocenters. The predicted molar refractivity (Wildman–Crippen MR) is 99.5 cm³/mol. The first-order chi connectivity index (χ1) is 12.0. The second-order valence-electron chi connectivity index (χ2n) is 6.14. The van der Waals surface area contributed by atoms with Crippen LogP contribution in [-0.4, -0.2) is 18.5 Å². The third kappa shape index (κ3) is 3.55. The molecule has 2 aliphatic rings. The second-order valence-corrected chi connectivity index (χ2v) is 6.14. The molecule has 1 aromatic rings. The number of rotatable bonds is 2. The lowest BCUT2D eigenvalue weighted by atomic mass is 9.91. The van der Waals surface area contributed by atoms with Gasteiger partial charge in [0, 0.05) is 5.57 Å². The molecule has 1 atom stereocenters. The fraction of sp³-hybridized carbons (Fsp3) is 0.200. The third-order valence-electron chi connectivity index (χ3n) is 4.20. The maximum absolute atomic E-state index is 12.1. The van der Waals surface area contributed by atoms with Crippen LogP contribution in [0.15, 0.2) is 64.9 Å². The Labute approximate surface area is 147 Å². The number of amides is 1. The number of ether oxygens (including phenoxy) is 1. The summed E-state index contributed by atoms with van der Waals surface area (Å²) in [7, 11) is 0. The van der Waals surface area contributed by atoms with E-state index < -0.39 is 11.8 Å². The molecule has 1 aliphatic carbocycles. The molecule has 3 rings (SSSR count). The van der Waals surface area contributed by atoms with Crippen molar-refractivity contribution >= 4 is 17.4 Å². The van der Waals surface area contributed by atoms with Gasteiger partial charge in [0.2, 0.25) is 0 Å². The highest BCUT2D eigenvalue weighted by Crippen LogP contribution is 2.34. The summed E-state index contributed by atoms with van der Waals surface area (Å²) in [6, 6.07) is 6.38. The van der Waals surface area contributed by atoms with Gasteiger partial charge in [0.05, 0.1) is 5.92 Å². The minimum Gasteiger partial charge on any atom is -0.489 e. The molecule has 128 valence electrons. The van der Waals surface area contributed by atoms with Crippen molar-refractivity contribution in [2.75, 3.05) is 6.61 Å². The lowest BCUT2D eigenvalue weighted by molar-refractivity contribution is -0.119. The van der Waals surface area contributed by atoms with Crippen molar-refractivity contribution in [3.8, 4) is 0 Å². The van der Waals surface area contributed by atoms with Crippen LogP contribution in [-0.2, 0) is 9.53 Å². The van der Waals surface area contributed by atoms with Crippen LogP contribution >= 0.6 is 0 Å². The Morgan fingerprint density at radius 3 is 2.68 bits per heavy atom. The van der Waals surface area contributed by atoms with Gasteiger partial charge in [-0.3, -0.25) is 4.79 Å². The van der Waals surface area contributed by atoms with Crippen LogP contribution < -0.4 is 11.5 Å². The highest BCUT2D eigenvalue weighted by atomic mass is 16.5. The van der Waals surface area contributed by atoms with Gasteiger partial charge in [-0.25, -0.2) is 0 Å². The smallest absolute Gasteiger partial charge is 0.259 e. The number of nitrogens with zero attached hydrogens (tertiary/aromatic N) is 1. The maximum Gasteiger partial charge on any atom is 0.259 e. The van der Waals surface area contributed by atoms with Crippen molar-refractivity contribution in [3.05, 3.63) is 76.6 Å². The molecule has 0 saturated heterocycles. The topological polar surface area (TPSA) is 90.7 Å². The fourth-order valence-corrected chi connectivity index (χ4v) is 3.04. The molecule has 1 amide bonds. The van der Waals surface area contributed by atoms with Gasteiger partial charge in [-0.1, -0.05) is 42.0 Å². The SMILES string of the molecule is Cc1ccc(C2=CCOC3=C2C=CC(C(=O)N=C(N)N)C=C3)c(C)c1. The average Bonchev–Trinajstić information content (AvgIpc) is 2.77. The zero-order valence-electron chi connectivity index (χ0n) is 14.3. The molecule has 4 N–H and O–H groups in total. The first-order valence-electron chi connectivity index (χ1n) is 8.11. The van der Waals surface area contributed by atoms with E-state index >= 15 is 0 Å². The maximum atomic E-state index is 12.1. The van der Waals surface area contributed by atoms with Gasteiger partial charge in [-0.2, -0.15) is 4.99 Å². The van der Waals surface area contributed by atoms with E-state index in [1.807, 2.05) is 12.2 Å². The average molecular weight is 335 g/mol. The molecule has 0 fully saturated rings. The van der Waals surface area contributed by atoms with Gasteiger partial charge in [0.25, 0.3) is 5.91 Å². The first kappa shape index (κ1) is 16.8. The molecule has 0 spiro atoms. The Hall–Kier alpha value is -3.08. The summed E-state index contributed by atoms with van der Waals surface area (Å²) in [6.45, 7) is 4.67. The summed E-state index contributed by atoms with van der Waals surface area (Å²) in [5, 5.41) is 0. The van der Waals surface area contributed by atoms with Crippen molar-refractivity contribution < 1.29 is 9.53 Å². The Kier molecular flexibility index (Phi) is 4.57. The van der Waals surface area contributed by atoms with Crippen molar-refractivity contribution in [2.45, 2.75) is 13.8 Å². The van der Waals surface area contributed by atoms with E-state index in [9.17, 15) is 4.79 Å². The predicted octanol–water partition coefficient (Wildman–Crippen LogP) is 2.51. The van der Waals surface area contributed by atoms with Crippen LogP contribution in [0.1, 0.15) is 16.7 Å². The number of allylic oxidation sites excluding steroid dienone is 4. The molecule has 0 bridgehead atoms. The molecule has 5 nitrogen and oxygen atoms in total. The monoisotopic (exact) mass is 335 g/mol. The van der Waals surface area contributed by atoms with Gasteiger partial charge >= 0.3 is 0 Å².